The highest BCUT2D eigenvalue weighted by Crippen LogP contribution is 2.26. The molecule has 3 amide bonds. The molecule has 3 heterocycles. The van der Waals surface area contributed by atoms with E-state index in [1.54, 1.807) is 34.1 Å². The fourth-order valence-electron chi connectivity index (χ4n) is 4.05. The van der Waals surface area contributed by atoms with Crippen LogP contribution in [0.3, 0.4) is 0 Å². The number of hydrogen-bond acceptors (Lipinski definition) is 4. The van der Waals surface area contributed by atoms with Crippen molar-refractivity contribution in [2.24, 2.45) is 5.92 Å². The molecule has 0 saturated carbocycles. The first-order chi connectivity index (χ1) is 14.5. The minimum atomic E-state index is -0.230. The van der Waals surface area contributed by atoms with Gasteiger partial charge in [-0.05, 0) is 49.9 Å². The zero-order valence-electron chi connectivity index (χ0n) is 16.6. The molecule has 30 heavy (non-hydrogen) atoms. The molecule has 2 fully saturated rings. The number of nitrogens with one attached hydrogen (secondary N) is 1. The smallest absolute Gasteiger partial charge is 0.257 e. The second-order valence-electron chi connectivity index (χ2n) is 7.76. The Morgan fingerprint density at radius 2 is 1.67 bits per heavy atom. The number of anilines is 1. The van der Waals surface area contributed by atoms with Crippen LogP contribution >= 0.6 is 11.6 Å². The monoisotopic (exact) mass is 429 g/mol. The summed E-state index contributed by atoms with van der Waals surface area (Å²) >= 11 is 6.13. The minimum absolute atomic E-state index is 0.0833. The summed E-state index contributed by atoms with van der Waals surface area (Å²) in [5.41, 5.74) is 1.42. The predicted molar refractivity (Wildman–Crippen MR) is 113 cm³/mol. The largest absolute Gasteiger partial charge is 0.472 e. The average Bonchev–Trinajstić information content (AvgIpc) is 3.47. The van der Waals surface area contributed by atoms with Gasteiger partial charge in [-0.15, -0.1) is 0 Å². The molecular weight excluding hydrogens is 406 g/mol. The van der Waals surface area contributed by atoms with Gasteiger partial charge in [0.25, 0.3) is 11.8 Å². The van der Waals surface area contributed by atoms with Gasteiger partial charge in [0.2, 0.25) is 5.91 Å². The summed E-state index contributed by atoms with van der Waals surface area (Å²) in [6.45, 7) is 2.46. The van der Waals surface area contributed by atoms with Gasteiger partial charge < -0.3 is 19.5 Å². The average molecular weight is 430 g/mol. The summed E-state index contributed by atoms with van der Waals surface area (Å²) in [4.78, 5) is 41.7. The Kier molecular flexibility index (Phi) is 6.08. The van der Waals surface area contributed by atoms with Gasteiger partial charge in [0.15, 0.2) is 0 Å². The quantitative estimate of drug-likeness (QED) is 0.803. The van der Waals surface area contributed by atoms with E-state index in [9.17, 15) is 14.4 Å². The zero-order chi connectivity index (χ0) is 21.1. The molecule has 0 atom stereocenters. The highest BCUT2D eigenvalue weighted by Gasteiger charge is 2.29. The van der Waals surface area contributed by atoms with Crippen LogP contribution in [0, 0.1) is 5.92 Å². The van der Waals surface area contributed by atoms with Crippen LogP contribution in [-0.2, 0) is 4.79 Å². The topological polar surface area (TPSA) is 82.9 Å². The fraction of sp³-hybridized carbons (Fsp3) is 0.409. The number of furan rings is 1. The van der Waals surface area contributed by atoms with Gasteiger partial charge in [-0.2, -0.15) is 0 Å². The van der Waals surface area contributed by atoms with Crippen molar-refractivity contribution < 1.29 is 18.8 Å². The molecule has 8 heteroatoms. The first kappa shape index (κ1) is 20.5. The Hall–Kier alpha value is -2.80. The van der Waals surface area contributed by atoms with Gasteiger partial charge in [0, 0.05) is 37.1 Å². The summed E-state index contributed by atoms with van der Waals surface area (Å²) in [6.07, 6.45) is 6.02. The zero-order valence-corrected chi connectivity index (χ0v) is 17.4. The summed E-state index contributed by atoms with van der Waals surface area (Å²) < 4.78 is 4.98. The van der Waals surface area contributed by atoms with Crippen molar-refractivity contribution in [1.82, 2.24) is 9.80 Å². The lowest BCUT2D eigenvalue weighted by Crippen LogP contribution is -2.41. The van der Waals surface area contributed by atoms with Crippen molar-refractivity contribution in [3.05, 3.63) is 52.9 Å². The number of rotatable bonds is 4. The summed E-state index contributed by atoms with van der Waals surface area (Å²) in [5, 5.41) is 3.37. The predicted octanol–water partition coefficient (Wildman–Crippen LogP) is 3.66. The maximum atomic E-state index is 12.9. The number of likely N-dealkylation sites (tertiary alicyclic amines) is 2. The Bertz CT molecular complexity index is 930. The van der Waals surface area contributed by atoms with Crippen LogP contribution in [0.1, 0.15) is 46.4 Å². The minimum Gasteiger partial charge on any atom is -0.472 e. The second kappa shape index (κ2) is 8.92. The van der Waals surface area contributed by atoms with Crippen LogP contribution in [0.5, 0.6) is 0 Å². The third-order valence-corrected chi connectivity index (χ3v) is 6.02. The molecule has 2 aliphatic heterocycles. The SMILES string of the molecule is O=C(Nc1cc(Cl)ccc1C(=O)N1CCCC1)C1CCN(C(=O)c2ccoc2)CC1. The normalized spacial score (nSPS) is 17.2. The molecule has 0 spiro atoms. The van der Waals surface area contributed by atoms with Crippen LogP contribution in [0.4, 0.5) is 5.69 Å². The fourth-order valence-corrected chi connectivity index (χ4v) is 4.22. The van der Waals surface area contributed by atoms with E-state index in [1.165, 1.54) is 12.5 Å². The first-order valence-corrected chi connectivity index (χ1v) is 10.6. The lowest BCUT2D eigenvalue weighted by Gasteiger charge is -2.31. The standard InChI is InChI=1S/C22H24ClN3O4/c23-17-3-4-18(22(29)25-8-1-2-9-25)19(13-17)24-20(27)15-5-10-26(11-6-15)21(28)16-7-12-30-14-16/h3-4,7,12-15H,1-2,5-6,8-11H2,(H,24,27). The van der Waals surface area contributed by atoms with Gasteiger partial charge in [0.05, 0.1) is 23.1 Å². The maximum Gasteiger partial charge on any atom is 0.257 e. The molecule has 0 aliphatic carbocycles. The molecule has 4 rings (SSSR count). The van der Waals surface area contributed by atoms with E-state index in [1.807, 2.05) is 0 Å². The van der Waals surface area contributed by atoms with Crippen molar-refractivity contribution in [1.29, 1.82) is 0 Å². The van der Waals surface area contributed by atoms with Gasteiger partial charge in [-0.1, -0.05) is 11.6 Å². The molecular formula is C22H24ClN3O4. The highest BCUT2D eigenvalue weighted by molar-refractivity contribution is 6.31. The van der Waals surface area contributed by atoms with E-state index in [2.05, 4.69) is 5.32 Å². The second-order valence-corrected chi connectivity index (χ2v) is 8.19. The number of halogens is 1. The van der Waals surface area contributed by atoms with E-state index in [0.717, 1.165) is 25.9 Å². The summed E-state index contributed by atoms with van der Waals surface area (Å²) in [5.74, 6) is -0.550. The number of carbonyl (C=O) groups is 3. The highest BCUT2D eigenvalue weighted by atomic mass is 35.5. The summed E-state index contributed by atoms with van der Waals surface area (Å²) in [6, 6.07) is 6.60. The number of amides is 3. The summed E-state index contributed by atoms with van der Waals surface area (Å²) in [7, 11) is 0. The third-order valence-electron chi connectivity index (χ3n) is 5.78. The maximum absolute atomic E-state index is 12.9. The Morgan fingerprint density at radius 1 is 0.967 bits per heavy atom. The molecule has 0 unspecified atom stereocenters. The Balaban J connectivity index is 1.40. The van der Waals surface area contributed by atoms with Crippen molar-refractivity contribution in [3.8, 4) is 0 Å². The van der Waals surface area contributed by atoms with Gasteiger partial charge in [-0.25, -0.2) is 0 Å². The van der Waals surface area contributed by atoms with Crippen LogP contribution in [0.25, 0.3) is 0 Å². The Labute approximate surface area is 180 Å². The van der Waals surface area contributed by atoms with Crippen LogP contribution in [0.15, 0.2) is 41.2 Å². The van der Waals surface area contributed by atoms with Crippen LogP contribution in [-0.4, -0.2) is 53.7 Å². The Morgan fingerprint density at radius 3 is 2.33 bits per heavy atom. The van der Waals surface area contributed by atoms with E-state index < -0.39 is 0 Å². The molecule has 0 radical (unpaired) electrons. The molecule has 0 bridgehead atoms. The lowest BCUT2D eigenvalue weighted by molar-refractivity contribution is -0.121. The molecule has 2 aromatic rings. The molecule has 1 N–H and O–H groups in total. The van der Waals surface area contributed by atoms with Crippen molar-refractivity contribution in [2.45, 2.75) is 25.7 Å². The van der Waals surface area contributed by atoms with Crippen LogP contribution in [0.2, 0.25) is 5.02 Å². The van der Waals surface area contributed by atoms with Gasteiger partial charge in [-0.3, -0.25) is 14.4 Å². The number of nitrogens with zero attached hydrogens (tertiary/aromatic N) is 2. The number of hydrogen-bond donors (Lipinski definition) is 1. The molecule has 2 saturated heterocycles. The molecule has 158 valence electrons. The number of benzene rings is 1. The van der Waals surface area contributed by atoms with Gasteiger partial charge >= 0.3 is 0 Å². The van der Waals surface area contributed by atoms with E-state index in [-0.39, 0.29) is 23.6 Å². The van der Waals surface area contributed by atoms with E-state index in [0.29, 0.717) is 47.8 Å². The lowest BCUT2D eigenvalue weighted by atomic mass is 9.95. The van der Waals surface area contributed by atoms with Crippen molar-refractivity contribution >= 4 is 35.0 Å². The number of piperidine rings is 1. The van der Waals surface area contributed by atoms with Crippen molar-refractivity contribution in [2.75, 3.05) is 31.5 Å². The van der Waals surface area contributed by atoms with E-state index >= 15 is 0 Å². The third kappa shape index (κ3) is 4.36. The molecule has 7 nitrogen and oxygen atoms in total. The first-order valence-electron chi connectivity index (χ1n) is 10.2. The van der Waals surface area contributed by atoms with Crippen LogP contribution < -0.4 is 5.32 Å². The van der Waals surface area contributed by atoms with Crippen molar-refractivity contribution in [3.63, 3.8) is 0 Å². The van der Waals surface area contributed by atoms with E-state index in [4.69, 9.17) is 16.0 Å². The molecule has 1 aromatic carbocycles. The molecule has 1 aromatic heterocycles. The molecule has 2 aliphatic rings. The van der Waals surface area contributed by atoms with Gasteiger partial charge in [0.1, 0.15) is 6.26 Å². The number of carbonyl (C=O) groups excluding carboxylic acids is 3.